The highest BCUT2D eigenvalue weighted by atomic mass is 32.2. The Morgan fingerprint density at radius 3 is 2.88 bits per heavy atom. The van der Waals surface area contributed by atoms with Crippen LogP contribution < -0.4 is 5.32 Å². The number of amides is 2. The van der Waals surface area contributed by atoms with Gasteiger partial charge in [-0.1, -0.05) is 29.8 Å². The first-order valence-electron chi connectivity index (χ1n) is 8.26. The predicted octanol–water partition coefficient (Wildman–Crippen LogP) is 3.51. The molecule has 2 saturated heterocycles. The van der Waals surface area contributed by atoms with E-state index in [1.165, 1.54) is 16.9 Å². The normalized spacial score (nSPS) is 25.3. The lowest BCUT2D eigenvalue weighted by molar-refractivity contribution is -0.135. The molecular formula is C18H19N3O2S2. The number of carbonyl (C=O) groups is 2. The van der Waals surface area contributed by atoms with Crippen LogP contribution >= 0.6 is 23.1 Å². The lowest BCUT2D eigenvalue weighted by atomic mass is 10.1. The molecule has 2 aliphatic rings. The van der Waals surface area contributed by atoms with Gasteiger partial charge in [0.1, 0.15) is 6.04 Å². The highest BCUT2D eigenvalue weighted by Gasteiger charge is 2.52. The summed E-state index contributed by atoms with van der Waals surface area (Å²) in [4.78, 5) is 30.9. The molecule has 0 radical (unpaired) electrons. The van der Waals surface area contributed by atoms with E-state index < -0.39 is 6.04 Å². The number of thioether (sulfide) groups is 1. The average molecular weight is 374 g/mol. The molecule has 4 rings (SSSR count). The molecule has 2 aromatic rings. The van der Waals surface area contributed by atoms with E-state index in [0.29, 0.717) is 17.3 Å². The Kier molecular flexibility index (Phi) is 4.08. The standard InChI is InChI=1S/C18H19N3O2S2/c1-11-3-5-12(6-4-11)13-9-24-17(19-13)20-16(23)14-10-25-18(2)8-7-15(22)21(14)18/h3-6,9,14H,7-8,10H2,1-2H3,(H,19,20,23)/t14-,18-/m0/s1. The van der Waals surface area contributed by atoms with Crippen molar-refractivity contribution in [1.29, 1.82) is 0 Å². The number of rotatable bonds is 3. The number of thiazole rings is 1. The average Bonchev–Trinajstić information content (AvgIpc) is 3.25. The first-order valence-corrected chi connectivity index (χ1v) is 10.1. The quantitative estimate of drug-likeness (QED) is 0.894. The maximum absolute atomic E-state index is 12.7. The number of fused-ring (bicyclic) bond motifs is 1. The van der Waals surface area contributed by atoms with Crippen LogP contribution in [-0.4, -0.2) is 38.4 Å². The zero-order chi connectivity index (χ0) is 17.6. The third kappa shape index (κ3) is 2.95. The van der Waals surface area contributed by atoms with Gasteiger partial charge in [-0.25, -0.2) is 4.98 Å². The number of nitrogens with zero attached hydrogens (tertiary/aromatic N) is 2. The van der Waals surface area contributed by atoms with E-state index >= 15 is 0 Å². The third-order valence-corrected chi connectivity index (χ3v) is 7.09. The Balaban J connectivity index is 1.49. The van der Waals surface area contributed by atoms with Gasteiger partial charge in [-0.2, -0.15) is 0 Å². The molecule has 0 spiro atoms. The minimum atomic E-state index is -0.406. The van der Waals surface area contributed by atoms with Gasteiger partial charge in [0.2, 0.25) is 11.8 Å². The lowest BCUT2D eigenvalue weighted by Gasteiger charge is -2.29. The molecule has 0 unspecified atom stereocenters. The van der Waals surface area contributed by atoms with Crippen LogP contribution in [0.25, 0.3) is 11.3 Å². The van der Waals surface area contributed by atoms with Crippen molar-refractivity contribution >= 4 is 40.0 Å². The van der Waals surface area contributed by atoms with Crippen LogP contribution in [0.1, 0.15) is 25.3 Å². The summed E-state index contributed by atoms with van der Waals surface area (Å²) in [7, 11) is 0. The largest absolute Gasteiger partial charge is 0.315 e. The molecular weight excluding hydrogens is 354 g/mol. The first-order chi connectivity index (χ1) is 12.0. The maximum atomic E-state index is 12.7. The SMILES string of the molecule is Cc1ccc(-c2csc(NC(=O)[C@@H]3CS[C@@]4(C)CCC(=O)N34)n2)cc1. The Bertz CT molecular complexity index is 833. The van der Waals surface area contributed by atoms with E-state index in [1.54, 1.807) is 16.7 Å². The number of nitrogens with one attached hydrogen (secondary N) is 1. The second kappa shape index (κ2) is 6.14. The zero-order valence-corrected chi connectivity index (χ0v) is 15.7. The summed E-state index contributed by atoms with van der Waals surface area (Å²) >= 11 is 3.10. The number of anilines is 1. The Morgan fingerprint density at radius 2 is 2.12 bits per heavy atom. The van der Waals surface area contributed by atoms with Gasteiger partial charge in [0.15, 0.2) is 5.13 Å². The summed E-state index contributed by atoms with van der Waals surface area (Å²) in [5.41, 5.74) is 3.08. The van der Waals surface area contributed by atoms with Crippen LogP contribution in [0.15, 0.2) is 29.6 Å². The molecule has 5 nitrogen and oxygen atoms in total. The highest BCUT2D eigenvalue weighted by Crippen LogP contribution is 2.47. The second-order valence-corrected chi connectivity index (χ2v) is 9.02. The molecule has 0 aliphatic carbocycles. The molecule has 0 bridgehead atoms. The van der Waals surface area contributed by atoms with E-state index in [1.807, 2.05) is 36.6 Å². The van der Waals surface area contributed by atoms with Gasteiger partial charge in [-0.15, -0.1) is 23.1 Å². The van der Waals surface area contributed by atoms with Crippen LogP contribution in [0.4, 0.5) is 5.13 Å². The fraction of sp³-hybridized carbons (Fsp3) is 0.389. The summed E-state index contributed by atoms with van der Waals surface area (Å²) in [6.07, 6.45) is 1.34. The molecule has 1 aromatic heterocycles. The van der Waals surface area contributed by atoms with Gasteiger partial charge in [-0.3, -0.25) is 9.59 Å². The predicted molar refractivity (Wildman–Crippen MR) is 102 cm³/mol. The number of benzene rings is 1. The number of hydrogen-bond acceptors (Lipinski definition) is 5. The van der Waals surface area contributed by atoms with Crippen molar-refractivity contribution in [3.63, 3.8) is 0 Å². The van der Waals surface area contributed by atoms with Gasteiger partial charge in [0.05, 0.1) is 10.6 Å². The van der Waals surface area contributed by atoms with Gasteiger partial charge >= 0.3 is 0 Å². The number of carbonyl (C=O) groups excluding carboxylic acids is 2. The summed E-state index contributed by atoms with van der Waals surface area (Å²) < 4.78 is 0. The summed E-state index contributed by atoms with van der Waals surface area (Å²) in [6.45, 7) is 4.10. The summed E-state index contributed by atoms with van der Waals surface area (Å²) in [5.74, 6) is 0.577. The van der Waals surface area contributed by atoms with E-state index in [0.717, 1.165) is 17.7 Å². The Morgan fingerprint density at radius 1 is 1.36 bits per heavy atom. The van der Waals surface area contributed by atoms with Crippen molar-refractivity contribution in [1.82, 2.24) is 9.88 Å². The Labute approximate surface area is 154 Å². The number of hydrogen-bond donors (Lipinski definition) is 1. The van der Waals surface area contributed by atoms with Gasteiger partial charge in [-0.05, 0) is 20.3 Å². The van der Waals surface area contributed by atoms with Gasteiger partial charge in [0.25, 0.3) is 0 Å². The second-order valence-electron chi connectivity index (χ2n) is 6.66. The van der Waals surface area contributed by atoms with Crippen molar-refractivity contribution in [2.24, 2.45) is 0 Å². The molecule has 2 fully saturated rings. The number of aromatic nitrogens is 1. The smallest absolute Gasteiger partial charge is 0.249 e. The highest BCUT2D eigenvalue weighted by molar-refractivity contribution is 8.01. The number of aryl methyl sites for hydroxylation is 1. The fourth-order valence-electron chi connectivity index (χ4n) is 3.39. The maximum Gasteiger partial charge on any atom is 0.249 e. The van der Waals surface area contributed by atoms with Crippen LogP contribution in [-0.2, 0) is 9.59 Å². The molecule has 0 saturated carbocycles. The molecule has 25 heavy (non-hydrogen) atoms. The molecule has 1 aromatic carbocycles. The van der Waals surface area contributed by atoms with Crippen molar-refractivity contribution in [3.05, 3.63) is 35.2 Å². The summed E-state index contributed by atoms with van der Waals surface area (Å²) in [5, 5.41) is 5.41. The monoisotopic (exact) mass is 373 g/mol. The van der Waals surface area contributed by atoms with Gasteiger partial charge in [0, 0.05) is 23.1 Å². The minimum absolute atomic E-state index is 0.0760. The Hall–Kier alpha value is -1.86. The molecule has 2 aliphatic heterocycles. The van der Waals surface area contributed by atoms with E-state index in [-0.39, 0.29) is 16.7 Å². The van der Waals surface area contributed by atoms with E-state index in [4.69, 9.17) is 0 Å². The minimum Gasteiger partial charge on any atom is -0.315 e. The van der Waals surface area contributed by atoms with Gasteiger partial charge < -0.3 is 10.2 Å². The molecule has 2 amide bonds. The van der Waals surface area contributed by atoms with Crippen LogP contribution in [0.3, 0.4) is 0 Å². The third-order valence-electron chi connectivity index (χ3n) is 4.83. The van der Waals surface area contributed by atoms with Crippen molar-refractivity contribution in [3.8, 4) is 11.3 Å². The topological polar surface area (TPSA) is 62.3 Å². The molecule has 130 valence electrons. The zero-order valence-electron chi connectivity index (χ0n) is 14.1. The molecule has 1 N–H and O–H groups in total. The molecule has 3 heterocycles. The van der Waals surface area contributed by atoms with E-state index in [2.05, 4.69) is 17.2 Å². The van der Waals surface area contributed by atoms with Crippen LogP contribution in [0.5, 0.6) is 0 Å². The van der Waals surface area contributed by atoms with Crippen molar-refractivity contribution in [2.45, 2.75) is 37.6 Å². The molecule has 7 heteroatoms. The van der Waals surface area contributed by atoms with Crippen molar-refractivity contribution < 1.29 is 9.59 Å². The van der Waals surface area contributed by atoms with Crippen LogP contribution in [0, 0.1) is 6.92 Å². The fourth-order valence-corrected chi connectivity index (χ4v) is 5.55. The summed E-state index contributed by atoms with van der Waals surface area (Å²) in [6, 6.07) is 7.73. The first kappa shape index (κ1) is 16.6. The van der Waals surface area contributed by atoms with E-state index in [9.17, 15) is 9.59 Å². The van der Waals surface area contributed by atoms with Crippen molar-refractivity contribution in [2.75, 3.05) is 11.1 Å². The lowest BCUT2D eigenvalue weighted by Crippen LogP contribution is -2.48. The van der Waals surface area contributed by atoms with Crippen LogP contribution in [0.2, 0.25) is 0 Å². The molecule has 2 atom stereocenters.